The molecule has 28 heavy (non-hydrogen) atoms. The van der Waals surface area contributed by atoms with Gasteiger partial charge >= 0.3 is 0 Å². The lowest BCUT2D eigenvalue weighted by molar-refractivity contribution is -0.384. The number of rotatable bonds is 4. The number of nitrogens with one attached hydrogen (secondary N) is 1. The topological polar surface area (TPSA) is 92.6 Å². The molecule has 3 rings (SSSR count). The minimum atomic E-state index is -0.499. The number of hydrogen-bond acceptors (Lipinski definition) is 4. The first-order valence-corrected chi connectivity index (χ1v) is 9.33. The largest absolute Gasteiger partial charge is 0.339 e. The van der Waals surface area contributed by atoms with Crippen LogP contribution >= 0.6 is 11.6 Å². The van der Waals surface area contributed by atoms with Gasteiger partial charge in [0, 0.05) is 47.4 Å². The van der Waals surface area contributed by atoms with Crippen molar-refractivity contribution in [2.75, 3.05) is 18.4 Å². The Kier molecular flexibility index (Phi) is 5.94. The molecule has 1 aliphatic rings. The number of carbonyl (C=O) groups excluding carboxylic acids is 2. The number of aryl methyl sites for hydroxylation is 1. The molecular formula is C20H20ClN3O4. The maximum atomic E-state index is 12.6. The molecule has 1 N–H and O–H groups in total. The highest BCUT2D eigenvalue weighted by molar-refractivity contribution is 6.30. The highest BCUT2D eigenvalue weighted by Crippen LogP contribution is 2.24. The Bertz CT molecular complexity index is 906. The second-order valence-corrected chi connectivity index (χ2v) is 7.26. The molecule has 0 radical (unpaired) electrons. The van der Waals surface area contributed by atoms with Gasteiger partial charge in [0.25, 0.3) is 11.6 Å². The van der Waals surface area contributed by atoms with Crippen molar-refractivity contribution < 1.29 is 14.5 Å². The summed E-state index contributed by atoms with van der Waals surface area (Å²) in [5.41, 5.74) is 1.99. The maximum absolute atomic E-state index is 12.6. The summed E-state index contributed by atoms with van der Waals surface area (Å²) in [6, 6.07) is 10.9. The standard InChI is InChI=1S/C20H20ClN3O4/c1-13-12-16(21)4-7-18(13)22-19(25)14-8-10-23(11-9-14)20(26)15-2-5-17(6-3-15)24(27)28/h2-7,12,14H,8-11H2,1H3,(H,22,25). The molecule has 1 saturated heterocycles. The normalized spacial score (nSPS) is 14.6. The zero-order chi connectivity index (χ0) is 20.3. The smallest absolute Gasteiger partial charge is 0.269 e. The van der Waals surface area contributed by atoms with Crippen LogP contribution in [-0.2, 0) is 4.79 Å². The zero-order valence-electron chi connectivity index (χ0n) is 15.4. The first-order valence-electron chi connectivity index (χ1n) is 8.96. The minimum absolute atomic E-state index is 0.0515. The molecule has 2 aromatic carbocycles. The van der Waals surface area contributed by atoms with E-state index < -0.39 is 4.92 Å². The summed E-state index contributed by atoms with van der Waals surface area (Å²) in [7, 11) is 0. The summed E-state index contributed by atoms with van der Waals surface area (Å²) in [5.74, 6) is -0.411. The predicted molar refractivity (Wildman–Crippen MR) is 107 cm³/mol. The summed E-state index contributed by atoms with van der Waals surface area (Å²) in [5, 5.41) is 14.3. The van der Waals surface area contributed by atoms with Crippen LogP contribution in [0.5, 0.6) is 0 Å². The molecule has 1 heterocycles. The van der Waals surface area contributed by atoms with Crippen LogP contribution in [0.15, 0.2) is 42.5 Å². The molecule has 0 atom stereocenters. The van der Waals surface area contributed by atoms with Crippen molar-refractivity contribution in [1.82, 2.24) is 4.90 Å². The number of halogens is 1. The number of non-ortho nitro benzene ring substituents is 1. The molecule has 0 aliphatic carbocycles. The fourth-order valence-corrected chi connectivity index (χ4v) is 3.48. The van der Waals surface area contributed by atoms with Crippen LogP contribution in [-0.4, -0.2) is 34.7 Å². The summed E-state index contributed by atoms with van der Waals surface area (Å²) >= 11 is 5.94. The van der Waals surface area contributed by atoms with Crippen LogP contribution in [0.25, 0.3) is 0 Å². The number of likely N-dealkylation sites (tertiary alicyclic amines) is 1. The Labute approximate surface area is 167 Å². The second kappa shape index (κ2) is 8.39. The van der Waals surface area contributed by atoms with Crippen LogP contribution in [0, 0.1) is 23.0 Å². The number of carbonyl (C=O) groups is 2. The van der Waals surface area contributed by atoms with Crippen LogP contribution < -0.4 is 5.32 Å². The van der Waals surface area contributed by atoms with Gasteiger partial charge in [0.1, 0.15) is 0 Å². The Balaban J connectivity index is 1.56. The fourth-order valence-electron chi connectivity index (χ4n) is 3.26. The third-order valence-corrected chi connectivity index (χ3v) is 5.16. The first kappa shape index (κ1) is 19.8. The van der Waals surface area contributed by atoms with E-state index in [1.807, 2.05) is 6.92 Å². The highest BCUT2D eigenvalue weighted by Gasteiger charge is 2.28. The van der Waals surface area contributed by atoms with E-state index in [0.29, 0.717) is 36.5 Å². The lowest BCUT2D eigenvalue weighted by Crippen LogP contribution is -2.41. The third kappa shape index (κ3) is 4.48. The molecule has 0 spiro atoms. The fraction of sp³-hybridized carbons (Fsp3) is 0.300. The summed E-state index contributed by atoms with van der Waals surface area (Å²) in [6.07, 6.45) is 1.13. The van der Waals surface area contributed by atoms with E-state index in [4.69, 9.17) is 11.6 Å². The van der Waals surface area contributed by atoms with Crippen molar-refractivity contribution in [3.8, 4) is 0 Å². The molecule has 2 aromatic rings. The molecule has 8 heteroatoms. The van der Waals surface area contributed by atoms with Crippen molar-refractivity contribution >= 4 is 34.8 Å². The van der Waals surface area contributed by atoms with E-state index >= 15 is 0 Å². The van der Waals surface area contributed by atoms with E-state index in [2.05, 4.69) is 5.32 Å². The number of piperidine rings is 1. The summed E-state index contributed by atoms with van der Waals surface area (Å²) in [6.45, 7) is 2.81. The number of nitro benzene ring substituents is 1. The summed E-state index contributed by atoms with van der Waals surface area (Å²) < 4.78 is 0. The van der Waals surface area contributed by atoms with Gasteiger partial charge in [-0.25, -0.2) is 0 Å². The maximum Gasteiger partial charge on any atom is 0.269 e. The van der Waals surface area contributed by atoms with Crippen molar-refractivity contribution in [3.05, 3.63) is 68.7 Å². The molecule has 0 aromatic heterocycles. The van der Waals surface area contributed by atoms with E-state index in [0.717, 1.165) is 11.3 Å². The van der Waals surface area contributed by atoms with Crippen molar-refractivity contribution in [3.63, 3.8) is 0 Å². The van der Waals surface area contributed by atoms with Crippen molar-refractivity contribution in [1.29, 1.82) is 0 Å². The molecule has 0 bridgehead atoms. The number of benzene rings is 2. The number of hydrogen-bond donors (Lipinski definition) is 1. The Hall–Kier alpha value is -2.93. The molecule has 0 saturated carbocycles. The van der Waals surface area contributed by atoms with Gasteiger partial charge in [-0.1, -0.05) is 11.6 Å². The van der Waals surface area contributed by atoms with Crippen LogP contribution in [0.1, 0.15) is 28.8 Å². The Morgan fingerprint density at radius 2 is 1.79 bits per heavy atom. The molecule has 146 valence electrons. The number of amides is 2. The lowest BCUT2D eigenvalue weighted by Gasteiger charge is -2.31. The van der Waals surface area contributed by atoms with Gasteiger partial charge in [0.2, 0.25) is 5.91 Å². The number of anilines is 1. The van der Waals surface area contributed by atoms with E-state index in [9.17, 15) is 19.7 Å². The van der Waals surface area contributed by atoms with Crippen LogP contribution in [0.4, 0.5) is 11.4 Å². The van der Waals surface area contributed by atoms with E-state index in [1.54, 1.807) is 23.1 Å². The van der Waals surface area contributed by atoms with Gasteiger partial charge in [-0.15, -0.1) is 0 Å². The highest BCUT2D eigenvalue weighted by atomic mass is 35.5. The SMILES string of the molecule is Cc1cc(Cl)ccc1NC(=O)C1CCN(C(=O)c2ccc([N+](=O)[O-])cc2)CC1. The van der Waals surface area contributed by atoms with Gasteiger partial charge < -0.3 is 10.2 Å². The van der Waals surface area contributed by atoms with Gasteiger partial charge in [0.05, 0.1) is 4.92 Å². The van der Waals surface area contributed by atoms with Crippen LogP contribution in [0.2, 0.25) is 5.02 Å². The van der Waals surface area contributed by atoms with Crippen molar-refractivity contribution in [2.24, 2.45) is 5.92 Å². The molecule has 1 fully saturated rings. The monoisotopic (exact) mass is 401 g/mol. The third-order valence-electron chi connectivity index (χ3n) is 4.92. The number of nitrogens with zero attached hydrogens (tertiary/aromatic N) is 2. The van der Waals surface area contributed by atoms with E-state index in [1.165, 1.54) is 24.3 Å². The van der Waals surface area contributed by atoms with E-state index in [-0.39, 0.29) is 23.4 Å². The van der Waals surface area contributed by atoms with Gasteiger partial charge in [-0.2, -0.15) is 0 Å². The zero-order valence-corrected chi connectivity index (χ0v) is 16.1. The minimum Gasteiger partial charge on any atom is -0.339 e. The average Bonchev–Trinajstić information content (AvgIpc) is 2.69. The van der Waals surface area contributed by atoms with Crippen LogP contribution in [0.3, 0.4) is 0 Å². The lowest BCUT2D eigenvalue weighted by atomic mass is 9.95. The van der Waals surface area contributed by atoms with Gasteiger partial charge in [-0.05, 0) is 55.7 Å². The average molecular weight is 402 g/mol. The van der Waals surface area contributed by atoms with Crippen molar-refractivity contribution in [2.45, 2.75) is 19.8 Å². The Morgan fingerprint density at radius 1 is 1.14 bits per heavy atom. The number of nitro groups is 1. The molecule has 1 aliphatic heterocycles. The van der Waals surface area contributed by atoms with Gasteiger partial charge in [-0.3, -0.25) is 19.7 Å². The molecular weight excluding hydrogens is 382 g/mol. The Morgan fingerprint density at radius 3 is 2.36 bits per heavy atom. The predicted octanol–water partition coefficient (Wildman–Crippen LogP) is 4.05. The molecule has 7 nitrogen and oxygen atoms in total. The molecule has 0 unspecified atom stereocenters. The second-order valence-electron chi connectivity index (χ2n) is 6.82. The molecule has 2 amide bonds. The summed E-state index contributed by atoms with van der Waals surface area (Å²) in [4.78, 5) is 37.0. The first-order chi connectivity index (χ1) is 13.3. The quantitative estimate of drug-likeness (QED) is 0.617. The van der Waals surface area contributed by atoms with Gasteiger partial charge in [0.15, 0.2) is 0 Å².